The van der Waals surface area contributed by atoms with E-state index >= 15 is 0 Å². The van der Waals surface area contributed by atoms with E-state index in [2.05, 4.69) is 0 Å². The van der Waals surface area contributed by atoms with Crippen molar-refractivity contribution in [2.24, 2.45) is 0 Å². The fourth-order valence-corrected chi connectivity index (χ4v) is 2.07. The van der Waals surface area contributed by atoms with Gasteiger partial charge in [0.2, 0.25) is 0 Å². The Bertz CT molecular complexity index is 497. The predicted molar refractivity (Wildman–Crippen MR) is 77.7 cm³/mol. The summed E-state index contributed by atoms with van der Waals surface area (Å²) >= 11 is 11.9. The molecule has 94 valence electrons. The Kier molecular flexibility index (Phi) is 4.91. The van der Waals surface area contributed by atoms with E-state index in [1.165, 1.54) is 0 Å². The largest absolute Gasteiger partial charge is 0.491 e. The number of ether oxygens (including phenoxy) is 1. The standard InChI is InChI=1S/C15H14Cl2O/c16-10-5-11-18-15-13(8-4-9-14(15)17)12-6-2-1-3-7-12/h1-4,6-9H,5,10-11H2. The Morgan fingerprint density at radius 3 is 2.44 bits per heavy atom. The van der Waals surface area contributed by atoms with Crippen LogP contribution in [0.3, 0.4) is 0 Å². The van der Waals surface area contributed by atoms with Crippen LogP contribution in [0.15, 0.2) is 48.5 Å². The monoisotopic (exact) mass is 280 g/mol. The summed E-state index contributed by atoms with van der Waals surface area (Å²) in [6.45, 7) is 0.576. The van der Waals surface area contributed by atoms with E-state index in [1.807, 2.05) is 48.5 Å². The molecule has 0 bridgehead atoms. The minimum absolute atomic E-state index is 0.576. The van der Waals surface area contributed by atoms with Gasteiger partial charge < -0.3 is 4.74 Å². The summed E-state index contributed by atoms with van der Waals surface area (Å²) < 4.78 is 5.75. The van der Waals surface area contributed by atoms with E-state index in [4.69, 9.17) is 27.9 Å². The fraction of sp³-hybridized carbons (Fsp3) is 0.200. The number of hydrogen-bond donors (Lipinski definition) is 0. The molecular weight excluding hydrogens is 267 g/mol. The zero-order valence-electron chi connectivity index (χ0n) is 9.90. The molecule has 18 heavy (non-hydrogen) atoms. The molecule has 0 N–H and O–H groups in total. The first kappa shape index (κ1) is 13.3. The summed E-state index contributed by atoms with van der Waals surface area (Å²) in [4.78, 5) is 0. The molecule has 0 saturated carbocycles. The third kappa shape index (κ3) is 3.18. The van der Waals surface area contributed by atoms with Crippen molar-refractivity contribution in [3.63, 3.8) is 0 Å². The predicted octanol–water partition coefficient (Wildman–Crippen LogP) is 5.01. The van der Waals surface area contributed by atoms with Gasteiger partial charge in [-0.2, -0.15) is 0 Å². The number of halogens is 2. The van der Waals surface area contributed by atoms with Crippen LogP contribution in [0.2, 0.25) is 5.02 Å². The Balaban J connectivity index is 2.32. The molecule has 0 radical (unpaired) electrons. The molecule has 2 rings (SSSR count). The topological polar surface area (TPSA) is 9.23 Å². The van der Waals surface area contributed by atoms with Gasteiger partial charge in [0.25, 0.3) is 0 Å². The molecule has 0 aromatic heterocycles. The van der Waals surface area contributed by atoms with Crippen LogP contribution in [0.4, 0.5) is 0 Å². The lowest BCUT2D eigenvalue weighted by Crippen LogP contribution is -2.00. The van der Waals surface area contributed by atoms with Crippen LogP contribution in [0.25, 0.3) is 11.1 Å². The summed E-state index contributed by atoms with van der Waals surface area (Å²) in [5.74, 6) is 1.32. The molecule has 0 spiro atoms. The number of para-hydroxylation sites is 1. The lowest BCUT2D eigenvalue weighted by Gasteiger charge is -2.12. The molecule has 0 aliphatic heterocycles. The van der Waals surface area contributed by atoms with Crippen molar-refractivity contribution < 1.29 is 4.74 Å². The van der Waals surface area contributed by atoms with Crippen LogP contribution in [0.1, 0.15) is 6.42 Å². The van der Waals surface area contributed by atoms with Crippen molar-refractivity contribution in [2.75, 3.05) is 12.5 Å². The third-order valence-electron chi connectivity index (χ3n) is 2.58. The summed E-state index contributed by atoms with van der Waals surface area (Å²) in [5, 5.41) is 0.630. The molecule has 2 aromatic rings. The van der Waals surface area contributed by atoms with Gasteiger partial charge in [0.1, 0.15) is 5.75 Å². The van der Waals surface area contributed by atoms with E-state index in [1.54, 1.807) is 0 Å². The van der Waals surface area contributed by atoms with Gasteiger partial charge in [-0.15, -0.1) is 11.6 Å². The van der Waals surface area contributed by atoms with Crippen LogP contribution in [-0.2, 0) is 0 Å². The van der Waals surface area contributed by atoms with Crippen molar-refractivity contribution in [1.82, 2.24) is 0 Å². The Labute approximate surface area is 117 Å². The summed E-state index contributed by atoms with van der Waals surface area (Å²) in [5.41, 5.74) is 2.11. The normalized spacial score (nSPS) is 10.3. The molecule has 0 unspecified atom stereocenters. The first-order chi connectivity index (χ1) is 8.83. The van der Waals surface area contributed by atoms with Crippen molar-refractivity contribution in [3.05, 3.63) is 53.6 Å². The summed E-state index contributed by atoms with van der Waals surface area (Å²) in [7, 11) is 0. The van der Waals surface area contributed by atoms with Crippen LogP contribution >= 0.6 is 23.2 Å². The average Bonchev–Trinajstić information content (AvgIpc) is 2.42. The van der Waals surface area contributed by atoms with Gasteiger partial charge in [-0.05, 0) is 18.1 Å². The molecule has 1 nitrogen and oxygen atoms in total. The third-order valence-corrected chi connectivity index (χ3v) is 3.14. The van der Waals surface area contributed by atoms with E-state index in [0.29, 0.717) is 17.5 Å². The van der Waals surface area contributed by atoms with E-state index in [-0.39, 0.29) is 0 Å². The van der Waals surface area contributed by atoms with Gasteiger partial charge in [0.15, 0.2) is 0 Å². The van der Waals surface area contributed by atoms with Gasteiger partial charge in [-0.3, -0.25) is 0 Å². The zero-order valence-corrected chi connectivity index (χ0v) is 11.4. The van der Waals surface area contributed by atoms with Gasteiger partial charge in [-0.25, -0.2) is 0 Å². The smallest absolute Gasteiger partial charge is 0.145 e. The summed E-state index contributed by atoms with van der Waals surface area (Å²) in [6, 6.07) is 15.8. The van der Waals surface area contributed by atoms with Crippen LogP contribution in [-0.4, -0.2) is 12.5 Å². The molecular formula is C15H14Cl2O. The number of rotatable bonds is 5. The Morgan fingerprint density at radius 2 is 1.72 bits per heavy atom. The SMILES string of the molecule is ClCCCOc1c(Cl)cccc1-c1ccccc1. The van der Waals surface area contributed by atoms with Crippen molar-refractivity contribution in [1.29, 1.82) is 0 Å². The molecule has 2 aromatic carbocycles. The minimum atomic E-state index is 0.576. The van der Waals surface area contributed by atoms with Crippen molar-refractivity contribution in [2.45, 2.75) is 6.42 Å². The number of hydrogen-bond acceptors (Lipinski definition) is 1. The molecule has 0 atom stereocenters. The molecule has 0 amide bonds. The number of alkyl halides is 1. The summed E-state index contributed by atoms with van der Waals surface area (Å²) in [6.07, 6.45) is 0.807. The average molecular weight is 281 g/mol. The quantitative estimate of drug-likeness (QED) is 0.552. The van der Waals surface area contributed by atoms with Crippen LogP contribution < -0.4 is 4.74 Å². The van der Waals surface area contributed by atoms with E-state index in [0.717, 1.165) is 23.3 Å². The second-order valence-electron chi connectivity index (χ2n) is 3.87. The highest BCUT2D eigenvalue weighted by atomic mass is 35.5. The second-order valence-corrected chi connectivity index (χ2v) is 4.66. The highest BCUT2D eigenvalue weighted by Gasteiger charge is 2.09. The van der Waals surface area contributed by atoms with Crippen molar-refractivity contribution >= 4 is 23.2 Å². The molecule has 0 saturated heterocycles. The van der Waals surface area contributed by atoms with Crippen molar-refractivity contribution in [3.8, 4) is 16.9 Å². The molecule has 0 heterocycles. The van der Waals surface area contributed by atoms with Crippen LogP contribution in [0.5, 0.6) is 5.75 Å². The van der Waals surface area contributed by atoms with E-state index in [9.17, 15) is 0 Å². The minimum Gasteiger partial charge on any atom is -0.491 e. The highest BCUT2D eigenvalue weighted by Crippen LogP contribution is 2.36. The first-order valence-corrected chi connectivity index (χ1v) is 6.77. The molecule has 0 fully saturated rings. The zero-order chi connectivity index (χ0) is 12.8. The van der Waals surface area contributed by atoms with Crippen LogP contribution in [0, 0.1) is 0 Å². The maximum atomic E-state index is 6.20. The fourth-order valence-electron chi connectivity index (χ4n) is 1.73. The lowest BCUT2D eigenvalue weighted by atomic mass is 10.0. The number of benzene rings is 2. The molecule has 3 heteroatoms. The van der Waals surface area contributed by atoms with Gasteiger partial charge in [0.05, 0.1) is 11.6 Å². The maximum Gasteiger partial charge on any atom is 0.145 e. The Hall–Kier alpha value is -1.18. The molecule has 0 aliphatic carbocycles. The van der Waals surface area contributed by atoms with Gasteiger partial charge in [-0.1, -0.05) is 54.1 Å². The Morgan fingerprint density at radius 1 is 0.944 bits per heavy atom. The lowest BCUT2D eigenvalue weighted by molar-refractivity contribution is 0.320. The molecule has 0 aliphatic rings. The van der Waals surface area contributed by atoms with Gasteiger partial charge >= 0.3 is 0 Å². The first-order valence-electron chi connectivity index (χ1n) is 5.85. The van der Waals surface area contributed by atoms with E-state index < -0.39 is 0 Å². The highest BCUT2D eigenvalue weighted by molar-refractivity contribution is 6.32. The maximum absolute atomic E-state index is 6.20. The van der Waals surface area contributed by atoms with Gasteiger partial charge in [0, 0.05) is 11.4 Å². The second kappa shape index (κ2) is 6.67.